The summed E-state index contributed by atoms with van der Waals surface area (Å²) in [6.07, 6.45) is 1.28. The predicted octanol–water partition coefficient (Wildman–Crippen LogP) is 1.21. The zero-order chi connectivity index (χ0) is 8.91. The lowest BCUT2D eigenvalue weighted by Crippen LogP contribution is -2.40. The van der Waals surface area contributed by atoms with Gasteiger partial charge in [-0.1, -0.05) is 0 Å². The summed E-state index contributed by atoms with van der Waals surface area (Å²) in [5, 5.41) is 0. The van der Waals surface area contributed by atoms with Crippen LogP contribution in [0.15, 0.2) is 0 Å². The monoisotopic (exact) mass is 179 g/mol. The van der Waals surface area contributed by atoms with Crippen molar-refractivity contribution in [2.24, 2.45) is 0 Å². The minimum Gasteiger partial charge on any atom is -0.329 e. The molecular formula is C7H18NO2P+2. The number of quaternary nitrogens is 1. The number of nitrogens with zero attached hydrogens (tertiary/aromatic N) is 1. The highest BCUT2D eigenvalue weighted by Crippen LogP contribution is 2.14. The first kappa shape index (κ1) is 11.0. The van der Waals surface area contributed by atoms with Crippen LogP contribution in [0.3, 0.4) is 0 Å². The fraction of sp³-hybridized carbons (Fsp3) is 1.00. The lowest BCUT2D eigenvalue weighted by molar-refractivity contribution is -0.888. The fourth-order valence-corrected chi connectivity index (χ4v) is 1.20. The summed E-state index contributed by atoms with van der Waals surface area (Å²) in [7, 11) is 2.34. The maximum absolute atomic E-state index is 10.3. The molecule has 1 N–H and O–H groups in total. The lowest BCUT2D eigenvalue weighted by Gasteiger charge is -2.27. The maximum atomic E-state index is 10.3. The van der Waals surface area contributed by atoms with Gasteiger partial charge in [0.25, 0.3) is 0 Å². The fourth-order valence-electron chi connectivity index (χ4n) is 0.792. The van der Waals surface area contributed by atoms with Crippen LogP contribution in [0.25, 0.3) is 0 Å². The van der Waals surface area contributed by atoms with E-state index in [0.717, 1.165) is 24.0 Å². The molecule has 11 heavy (non-hydrogen) atoms. The highest BCUT2D eigenvalue weighted by Gasteiger charge is 2.16. The third-order valence-electron chi connectivity index (χ3n) is 1.97. The molecule has 0 aliphatic rings. The molecule has 0 aliphatic heterocycles. The van der Waals surface area contributed by atoms with Crippen LogP contribution in [0.1, 0.15) is 13.3 Å². The molecule has 4 heteroatoms. The first-order valence-corrected chi connectivity index (χ1v) is 5.33. The third-order valence-corrected chi connectivity index (χ3v) is 2.67. The van der Waals surface area contributed by atoms with Crippen molar-refractivity contribution in [2.75, 3.05) is 33.3 Å². The zero-order valence-corrected chi connectivity index (χ0v) is 8.47. The molecule has 0 aromatic rings. The van der Waals surface area contributed by atoms with E-state index in [4.69, 9.17) is 4.89 Å². The predicted molar refractivity (Wildman–Crippen MR) is 46.8 cm³/mol. The molecule has 0 aromatic heterocycles. The van der Waals surface area contributed by atoms with Gasteiger partial charge in [0.2, 0.25) is 0 Å². The van der Waals surface area contributed by atoms with Crippen LogP contribution >= 0.6 is 8.03 Å². The average Bonchev–Trinajstić information content (AvgIpc) is 1.87. The van der Waals surface area contributed by atoms with Crippen molar-refractivity contribution in [3.05, 3.63) is 0 Å². The summed E-state index contributed by atoms with van der Waals surface area (Å²) in [6.45, 7) is 4.18. The largest absolute Gasteiger partial charge is 0.505 e. The van der Waals surface area contributed by atoms with Crippen LogP contribution in [0.5, 0.6) is 0 Å². The van der Waals surface area contributed by atoms with Gasteiger partial charge >= 0.3 is 8.03 Å². The SMILES string of the molecule is CC[N+](C)(C)CCC[P+](=O)O. The van der Waals surface area contributed by atoms with Crippen molar-refractivity contribution in [2.45, 2.75) is 13.3 Å². The Hall–Kier alpha value is 0.0200. The van der Waals surface area contributed by atoms with E-state index in [2.05, 4.69) is 21.0 Å². The summed E-state index contributed by atoms with van der Waals surface area (Å²) < 4.78 is 11.2. The van der Waals surface area contributed by atoms with Crippen LogP contribution in [-0.4, -0.2) is 42.7 Å². The van der Waals surface area contributed by atoms with Crippen molar-refractivity contribution in [3.63, 3.8) is 0 Å². The second kappa shape index (κ2) is 4.81. The Morgan fingerprint density at radius 2 is 2.00 bits per heavy atom. The van der Waals surface area contributed by atoms with Gasteiger partial charge in [0.15, 0.2) is 6.16 Å². The second-order valence-corrected chi connectivity index (χ2v) is 4.56. The molecule has 0 saturated heterocycles. The zero-order valence-electron chi connectivity index (χ0n) is 7.58. The molecule has 0 amide bonds. The molecule has 0 rings (SSSR count). The molecule has 0 spiro atoms. The van der Waals surface area contributed by atoms with Gasteiger partial charge in [-0.05, 0) is 11.5 Å². The highest BCUT2D eigenvalue weighted by atomic mass is 31.1. The Morgan fingerprint density at radius 3 is 2.36 bits per heavy atom. The number of rotatable bonds is 5. The smallest absolute Gasteiger partial charge is 0.329 e. The summed E-state index contributed by atoms with van der Waals surface area (Å²) in [4.78, 5) is 8.52. The summed E-state index contributed by atoms with van der Waals surface area (Å²) in [6, 6.07) is 0. The van der Waals surface area contributed by atoms with Gasteiger partial charge in [-0.3, -0.25) is 0 Å². The van der Waals surface area contributed by atoms with Gasteiger partial charge in [0, 0.05) is 6.42 Å². The van der Waals surface area contributed by atoms with Crippen molar-refractivity contribution in [1.29, 1.82) is 0 Å². The van der Waals surface area contributed by atoms with E-state index in [1.807, 2.05) is 0 Å². The van der Waals surface area contributed by atoms with Crippen molar-refractivity contribution in [3.8, 4) is 0 Å². The molecule has 1 atom stereocenters. The van der Waals surface area contributed by atoms with E-state index in [0.29, 0.717) is 6.16 Å². The lowest BCUT2D eigenvalue weighted by atomic mass is 10.4. The molecular weight excluding hydrogens is 161 g/mol. The van der Waals surface area contributed by atoms with E-state index in [9.17, 15) is 4.57 Å². The minimum absolute atomic E-state index is 0.441. The summed E-state index contributed by atoms with van der Waals surface area (Å²) in [5.74, 6) is 0. The second-order valence-electron chi connectivity index (χ2n) is 3.40. The first-order chi connectivity index (χ1) is 4.98. The van der Waals surface area contributed by atoms with Crippen LogP contribution in [-0.2, 0) is 4.57 Å². The Balaban J connectivity index is 3.45. The molecule has 1 unspecified atom stereocenters. The van der Waals surface area contributed by atoms with Crippen molar-refractivity contribution >= 4 is 8.03 Å². The standard InChI is InChI=1S/C7H17NO2P/c1-4-8(2,3)6-5-7-11(9)10/h4-7H2,1-3H3/q+1/p+1. The van der Waals surface area contributed by atoms with Gasteiger partial charge in [0.05, 0.1) is 27.2 Å². The summed E-state index contributed by atoms with van der Waals surface area (Å²) >= 11 is 0. The quantitative estimate of drug-likeness (QED) is 0.508. The van der Waals surface area contributed by atoms with Crippen LogP contribution in [0, 0.1) is 0 Å². The molecule has 3 nitrogen and oxygen atoms in total. The van der Waals surface area contributed by atoms with Crippen LogP contribution in [0.4, 0.5) is 0 Å². The van der Waals surface area contributed by atoms with Gasteiger partial charge in [-0.15, -0.1) is 0 Å². The van der Waals surface area contributed by atoms with Gasteiger partial charge in [-0.25, -0.2) is 0 Å². The molecule has 66 valence electrons. The van der Waals surface area contributed by atoms with E-state index >= 15 is 0 Å². The molecule has 0 radical (unpaired) electrons. The van der Waals surface area contributed by atoms with Crippen LogP contribution < -0.4 is 0 Å². The Labute approximate surface area is 69.5 Å². The Bertz CT molecular complexity index is 136. The van der Waals surface area contributed by atoms with Gasteiger partial charge in [0.1, 0.15) is 0 Å². The molecule has 0 aromatic carbocycles. The molecule has 0 saturated carbocycles. The normalized spacial score (nSPS) is 13.3. The summed E-state index contributed by atoms with van der Waals surface area (Å²) in [5.41, 5.74) is 0. The van der Waals surface area contributed by atoms with E-state index in [1.165, 1.54) is 0 Å². The third kappa shape index (κ3) is 6.42. The Morgan fingerprint density at radius 1 is 1.45 bits per heavy atom. The van der Waals surface area contributed by atoms with Crippen molar-refractivity contribution < 1.29 is 13.9 Å². The van der Waals surface area contributed by atoms with Crippen LogP contribution in [0.2, 0.25) is 0 Å². The molecule has 0 aliphatic carbocycles. The number of hydrogen-bond donors (Lipinski definition) is 1. The molecule has 0 fully saturated rings. The van der Waals surface area contributed by atoms with E-state index < -0.39 is 8.03 Å². The van der Waals surface area contributed by atoms with E-state index in [1.54, 1.807) is 0 Å². The van der Waals surface area contributed by atoms with Gasteiger partial charge in [-0.2, -0.15) is 4.89 Å². The Kier molecular flexibility index (Phi) is 4.82. The number of hydrogen-bond acceptors (Lipinski definition) is 1. The minimum atomic E-state index is -1.92. The van der Waals surface area contributed by atoms with Gasteiger partial charge < -0.3 is 4.48 Å². The average molecular weight is 179 g/mol. The van der Waals surface area contributed by atoms with E-state index in [-0.39, 0.29) is 0 Å². The van der Waals surface area contributed by atoms with Crippen molar-refractivity contribution in [1.82, 2.24) is 0 Å². The molecule has 0 heterocycles. The molecule has 0 bridgehead atoms. The highest BCUT2D eigenvalue weighted by molar-refractivity contribution is 7.37. The maximum Gasteiger partial charge on any atom is 0.505 e. The first-order valence-electron chi connectivity index (χ1n) is 3.93. The topological polar surface area (TPSA) is 37.3 Å².